The zero-order valence-electron chi connectivity index (χ0n) is 18.5. The molecule has 32 heavy (non-hydrogen) atoms. The zero-order valence-corrected chi connectivity index (χ0v) is 18.5. The predicted octanol–water partition coefficient (Wildman–Crippen LogP) is 2.16. The fourth-order valence-electron chi connectivity index (χ4n) is 5.50. The summed E-state index contributed by atoms with van der Waals surface area (Å²) >= 11 is 0. The van der Waals surface area contributed by atoms with Crippen LogP contribution in [-0.2, 0) is 27.2 Å². The van der Waals surface area contributed by atoms with Crippen LogP contribution >= 0.6 is 0 Å². The Morgan fingerprint density at radius 1 is 1.19 bits per heavy atom. The first kappa shape index (κ1) is 22.1. The van der Waals surface area contributed by atoms with Crippen LogP contribution in [-0.4, -0.2) is 57.5 Å². The molecule has 0 radical (unpaired) electrons. The maximum atomic E-state index is 13.5. The third kappa shape index (κ3) is 2.75. The molecule has 170 valence electrons. The molecule has 3 aliphatic rings. The fourth-order valence-corrected chi connectivity index (χ4v) is 5.50. The number of rotatable bonds is 3. The largest absolute Gasteiger partial charge is 0.508 e. The fraction of sp³-hybridized carbons (Fsp3) is 0.458. The Morgan fingerprint density at radius 2 is 1.84 bits per heavy atom. The van der Waals surface area contributed by atoms with Crippen LogP contribution in [0, 0.1) is 11.8 Å². The molecule has 0 saturated heterocycles. The van der Waals surface area contributed by atoms with E-state index in [0.29, 0.717) is 24.0 Å². The molecule has 0 bridgehead atoms. The molecule has 8 heteroatoms. The minimum Gasteiger partial charge on any atom is -0.508 e. The number of phenolic OH excluding ortho intramolecular Hbond substituents is 1. The van der Waals surface area contributed by atoms with Crippen molar-refractivity contribution in [2.45, 2.75) is 45.1 Å². The molecular formula is C24H27NO7. The Bertz CT molecular complexity index is 1140. The van der Waals surface area contributed by atoms with E-state index in [9.17, 15) is 34.8 Å². The Labute approximate surface area is 185 Å². The van der Waals surface area contributed by atoms with Crippen molar-refractivity contribution in [3.05, 3.63) is 39.7 Å². The van der Waals surface area contributed by atoms with Crippen molar-refractivity contribution in [2.24, 2.45) is 11.8 Å². The average molecular weight is 441 g/mol. The van der Waals surface area contributed by atoms with Gasteiger partial charge in [-0.15, -0.1) is 0 Å². The van der Waals surface area contributed by atoms with Crippen LogP contribution in [0.25, 0.3) is 5.76 Å². The summed E-state index contributed by atoms with van der Waals surface area (Å²) in [5, 5.41) is 44.0. The summed E-state index contributed by atoms with van der Waals surface area (Å²) in [5.41, 5.74) is -0.893. The summed E-state index contributed by atoms with van der Waals surface area (Å²) in [5.74, 6) is -5.20. The van der Waals surface area contributed by atoms with Crippen molar-refractivity contribution in [1.29, 1.82) is 0 Å². The number of carbonyl (C=O) groups excluding carboxylic acids is 3. The summed E-state index contributed by atoms with van der Waals surface area (Å²) in [7, 11) is 3.69. The van der Waals surface area contributed by atoms with E-state index in [4.69, 9.17) is 0 Å². The second-order valence-corrected chi connectivity index (χ2v) is 9.10. The van der Waals surface area contributed by atoms with E-state index in [1.54, 1.807) is 0 Å². The Balaban J connectivity index is 1.97. The number of phenols is 1. The second-order valence-electron chi connectivity index (χ2n) is 9.10. The Kier molecular flexibility index (Phi) is 4.97. The van der Waals surface area contributed by atoms with Gasteiger partial charge in [0.1, 0.15) is 22.8 Å². The monoisotopic (exact) mass is 441 g/mol. The first-order chi connectivity index (χ1) is 14.9. The molecule has 8 nitrogen and oxygen atoms in total. The highest BCUT2D eigenvalue weighted by Crippen LogP contribution is 2.53. The van der Waals surface area contributed by atoms with Gasteiger partial charge in [0.05, 0.1) is 5.56 Å². The first-order valence-corrected chi connectivity index (χ1v) is 10.7. The molecule has 3 atom stereocenters. The van der Waals surface area contributed by atoms with Crippen molar-refractivity contribution in [1.82, 2.24) is 0 Å². The van der Waals surface area contributed by atoms with Crippen LogP contribution in [0.2, 0.25) is 0 Å². The number of nitrogens with zero attached hydrogens (tertiary/aromatic N) is 1. The molecule has 3 aliphatic carbocycles. The molecule has 1 aromatic rings. The molecule has 4 rings (SSSR count). The lowest BCUT2D eigenvalue weighted by atomic mass is 9.59. The number of hydrogen-bond acceptors (Lipinski definition) is 8. The third-order valence-electron chi connectivity index (χ3n) is 7.09. The Morgan fingerprint density at radius 3 is 2.41 bits per heavy atom. The predicted molar refractivity (Wildman–Crippen MR) is 117 cm³/mol. The van der Waals surface area contributed by atoms with Crippen molar-refractivity contribution in [3.8, 4) is 5.75 Å². The van der Waals surface area contributed by atoms with Gasteiger partial charge in [0.25, 0.3) is 0 Å². The van der Waals surface area contributed by atoms with Gasteiger partial charge in [-0.05, 0) is 49.3 Å². The summed E-state index contributed by atoms with van der Waals surface area (Å²) in [6.45, 7) is 2.95. The number of benzene rings is 1. The van der Waals surface area contributed by atoms with Gasteiger partial charge in [0.15, 0.2) is 17.2 Å². The number of carbonyl (C=O) groups is 3. The molecule has 0 aliphatic heterocycles. The number of aromatic hydroxyl groups is 1. The van der Waals surface area contributed by atoms with Crippen LogP contribution in [0.4, 0.5) is 5.69 Å². The zero-order chi connectivity index (χ0) is 23.7. The van der Waals surface area contributed by atoms with Gasteiger partial charge in [0, 0.05) is 37.7 Å². The lowest BCUT2D eigenvalue weighted by Crippen LogP contribution is -2.57. The number of allylic oxidation sites excluding steroid dienone is 1. The van der Waals surface area contributed by atoms with Gasteiger partial charge in [-0.25, -0.2) is 0 Å². The minimum absolute atomic E-state index is 0.0895. The molecule has 0 amide bonds. The molecule has 1 fully saturated rings. The first-order valence-electron chi connectivity index (χ1n) is 10.7. The molecule has 0 spiro atoms. The van der Waals surface area contributed by atoms with Crippen LogP contribution in [0.15, 0.2) is 23.0 Å². The van der Waals surface area contributed by atoms with Crippen LogP contribution in [0.5, 0.6) is 5.75 Å². The van der Waals surface area contributed by atoms with E-state index < -0.39 is 51.9 Å². The highest BCUT2D eigenvalue weighted by molar-refractivity contribution is 6.23. The summed E-state index contributed by atoms with van der Waals surface area (Å²) in [6, 6.07) is 1.85. The molecule has 0 aromatic heterocycles. The van der Waals surface area contributed by atoms with E-state index in [1.165, 1.54) is 0 Å². The highest BCUT2D eigenvalue weighted by Gasteiger charge is 2.60. The van der Waals surface area contributed by atoms with Gasteiger partial charge in [-0.3, -0.25) is 14.4 Å². The number of anilines is 1. The number of aliphatic hydroxyl groups is 3. The normalized spacial score (nSPS) is 27.2. The topological polar surface area (TPSA) is 135 Å². The number of fused-ring (bicyclic) bond motifs is 3. The van der Waals surface area contributed by atoms with Gasteiger partial charge in [-0.1, -0.05) is 6.92 Å². The maximum Gasteiger partial charge on any atom is 0.202 e. The van der Waals surface area contributed by atoms with Crippen LogP contribution in [0.1, 0.15) is 43.4 Å². The Hall–Kier alpha value is -3.13. The standard InChI is InChI=1S/C24H27NO7/c1-5-11-8-15(25(3)4)14-7-12-6-13-9-16(27)17(10(2)26)22(30)24(13,32)23(31)18(12)21(29)19(14)20(11)28/h8,12-13,28-30,32H,5-7,9H2,1-4H3/t12-,13+,24-/m1/s1. The van der Waals surface area contributed by atoms with Crippen molar-refractivity contribution in [2.75, 3.05) is 19.0 Å². The van der Waals surface area contributed by atoms with Gasteiger partial charge < -0.3 is 25.3 Å². The molecule has 1 aromatic carbocycles. The van der Waals surface area contributed by atoms with Gasteiger partial charge in [-0.2, -0.15) is 0 Å². The highest BCUT2D eigenvalue weighted by atomic mass is 16.3. The second kappa shape index (κ2) is 7.20. The number of aryl methyl sites for hydroxylation is 1. The number of hydrogen-bond donors (Lipinski definition) is 4. The van der Waals surface area contributed by atoms with Crippen LogP contribution < -0.4 is 4.90 Å². The van der Waals surface area contributed by atoms with E-state index in [0.717, 1.165) is 12.6 Å². The SMILES string of the molecule is CCc1cc(N(C)C)c2c(c1O)C(O)=C1C(=O)[C@]3(O)C(O)=C(C(C)=O)C(=O)C[C@@H]3C[C@@H]1C2. The third-order valence-corrected chi connectivity index (χ3v) is 7.09. The van der Waals surface area contributed by atoms with E-state index in [-0.39, 0.29) is 29.7 Å². The quantitative estimate of drug-likeness (QED) is 0.524. The van der Waals surface area contributed by atoms with Gasteiger partial charge >= 0.3 is 0 Å². The van der Waals surface area contributed by atoms with Crippen molar-refractivity contribution >= 4 is 28.8 Å². The summed E-state index contributed by atoms with van der Waals surface area (Å²) in [4.78, 5) is 39.8. The summed E-state index contributed by atoms with van der Waals surface area (Å²) < 4.78 is 0. The molecular weight excluding hydrogens is 414 g/mol. The molecule has 0 unspecified atom stereocenters. The van der Waals surface area contributed by atoms with Crippen LogP contribution in [0.3, 0.4) is 0 Å². The average Bonchev–Trinajstić information content (AvgIpc) is 2.70. The number of aliphatic hydroxyl groups excluding tert-OH is 2. The number of ketones is 3. The van der Waals surface area contributed by atoms with E-state index in [2.05, 4.69) is 0 Å². The lowest BCUT2D eigenvalue weighted by Gasteiger charge is -2.46. The molecule has 4 N–H and O–H groups in total. The van der Waals surface area contributed by atoms with E-state index >= 15 is 0 Å². The van der Waals surface area contributed by atoms with E-state index in [1.807, 2.05) is 32.0 Å². The lowest BCUT2D eigenvalue weighted by molar-refractivity contribution is -0.147. The van der Waals surface area contributed by atoms with Crippen molar-refractivity contribution < 1.29 is 34.8 Å². The number of Topliss-reactive ketones (excluding diaryl/α,β-unsaturated/α-hetero) is 3. The smallest absolute Gasteiger partial charge is 0.202 e. The molecule has 0 heterocycles. The maximum absolute atomic E-state index is 13.5. The summed E-state index contributed by atoms with van der Waals surface area (Å²) in [6.07, 6.45) is 0.723. The minimum atomic E-state index is -2.46. The van der Waals surface area contributed by atoms with Crippen molar-refractivity contribution in [3.63, 3.8) is 0 Å². The molecule has 1 saturated carbocycles. The van der Waals surface area contributed by atoms with Gasteiger partial charge in [0.2, 0.25) is 5.78 Å².